The molecular formula is C23H25N3O3. The number of nitrogens with zero attached hydrogens (tertiary/aromatic N) is 3. The molecule has 1 amide bonds. The predicted octanol–water partition coefficient (Wildman–Crippen LogP) is 3.67. The first-order valence-corrected chi connectivity index (χ1v) is 9.70. The second kappa shape index (κ2) is 9.19. The third-order valence-corrected chi connectivity index (χ3v) is 4.54. The van der Waals surface area contributed by atoms with Gasteiger partial charge in [-0.2, -0.15) is 5.10 Å². The highest BCUT2D eigenvalue weighted by Gasteiger charge is 2.16. The molecule has 0 atom stereocenters. The van der Waals surface area contributed by atoms with Crippen LogP contribution >= 0.6 is 0 Å². The molecule has 150 valence electrons. The van der Waals surface area contributed by atoms with E-state index >= 15 is 0 Å². The van der Waals surface area contributed by atoms with Gasteiger partial charge < -0.3 is 9.64 Å². The number of amides is 1. The van der Waals surface area contributed by atoms with Crippen molar-refractivity contribution in [3.05, 3.63) is 76.6 Å². The number of aromatic nitrogens is 2. The molecule has 29 heavy (non-hydrogen) atoms. The summed E-state index contributed by atoms with van der Waals surface area (Å²) in [6.45, 7) is 6.81. The lowest BCUT2D eigenvalue weighted by Gasteiger charge is -2.21. The highest BCUT2D eigenvalue weighted by Crippen LogP contribution is 2.20. The zero-order valence-electron chi connectivity index (χ0n) is 17.0. The number of carbonyl (C=O) groups excluding carboxylic acids is 1. The second-order valence-corrected chi connectivity index (χ2v) is 6.65. The number of likely N-dealkylation sites (N-methyl/N-ethyl adjacent to an activating group) is 1. The number of carbonyl (C=O) groups is 1. The van der Waals surface area contributed by atoms with Crippen LogP contribution in [0.5, 0.6) is 5.75 Å². The Morgan fingerprint density at radius 3 is 2.48 bits per heavy atom. The number of benzene rings is 2. The van der Waals surface area contributed by atoms with Gasteiger partial charge in [-0.1, -0.05) is 12.1 Å². The fourth-order valence-electron chi connectivity index (χ4n) is 3.12. The van der Waals surface area contributed by atoms with E-state index in [1.807, 2.05) is 69.3 Å². The van der Waals surface area contributed by atoms with Crippen molar-refractivity contribution in [1.29, 1.82) is 0 Å². The second-order valence-electron chi connectivity index (χ2n) is 6.65. The highest BCUT2D eigenvalue weighted by molar-refractivity contribution is 5.93. The molecule has 0 spiro atoms. The predicted molar refractivity (Wildman–Crippen MR) is 114 cm³/mol. The maximum Gasteiger partial charge on any atom is 0.267 e. The summed E-state index contributed by atoms with van der Waals surface area (Å²) in [4.78, 5) is 26.8. The smallest absolute Gasteiger partial charge is 0.267 e. The van der Waals surface area contributed by atoms with E-state index in [1.54, 1.807) is 11.0 Å². The summed E-state index contributed by atoms with van der Waals surface area (Å²) >= 11 is 0. The maximum absolute atomic E-state index is 12.9. The van der Waals surface area contributed by atoms with Crippen molar-refractivity contribution in [3.8, 4) is 17.0 Å². The number of ether oxygens (including phenoxy) is 1. The Kier molecular flexibility index (Phi) is 6.44. The molecule has 0 aliphatic carbocycles. The Hall–Kier alpha value is -3.41. The van der Waals surface area contributed by atoms with E-state index < -0.39 is 0 Å². The minimum absolute atomic E-state index is 0.120. The fraction of sp³-hybridized carbons (Fsp3) is 0.261. The number of aryl methyl sites for hydroxylation is 1. The lowest BCUT2D eigenvalue weighted by Crippen LogP contribution is -2.37. The van der Waals surface area contributed by atoms with Crippen molar-refractivity contribution in [2.45, 2.75) is 27.3 Å². The van der Waals surface area contributed by atoms with Crippen LogP contribution in [0.25, 0.3) is 11.3 Å². The largest absolute Gasteiger partial charge is 0.494 e. The van der Waals surface area contributed by atoms with Gasteiger partial charge in [0.25, 0.3) is 5.56 Å². The van der Waals surface area contributed by atoms with Crippen LogP contribution in [0.2, 0.25) is 0 Å². The fourth-order valence-corrected chi connectivity index (χ4v) is 3.12. The summed E-state index contributed by atoms with van der Waals surface area (Å²) in [6.07, 6.45) is 0. The van der Waals surface area contributed by atoms with E-state index in [0.29, 0.717) is 18.8 Å². The van der Waals surface area contributed by atoms with Crippen molar-refractivity contribution in [1.82, 2.24) is 9.78 Å². The van der Waals surface area contributed by atoms with E-state index in [1.165, 1.54) is 10.7 Å². The molecule has 0 saturated heterocycles. The number of rotatable bonds is 7. The van der Waals surface area contributed by atoms with Gasteiger partial charge in [0.15, 0.2) is 0 Å². The lowest BCUT2D eigenvalue weighted by atomic mass is 10.1. The minimum Gasteiger partial charge on any atom is -0.494 e. The van der Waals surface area contributed by atoms with Crippen LogP contribution in [0.3, 0.4) is 0 Å². The summed E-state index contributed by atoms with van der Waals surface area (Å²) in [5, 5.41) is 4.40. The van der Waals surface area contributed by atoms with Crippen LogP contribution in [0, 0.1) is 6.92 Å². The molecule has 0 fully saturated rings. The minimum atomic E-state index is -0.312. The van der Waals surface area contributed by atoms with Crippen LogP contribution in [-0.2, 0) is 11.3 Å². The summed E-state index contributed by atoms with van der Waals surface area (Å²) in [5.74, 6) is 0.591. The molecule has 3 rings (SSSR count). The molecule has 0 aliphatic heterocycles. The van der Waals surface area contributed by atoms with Gasteiger partial charge in [0.05, 0.1) is 12.3 Å². The Morgan fingerprint density at radius 1 is 1.07 bits per heavy atom. The molecule has 2 aromatic carbocycles. The van der Waals surface area contributed by atoms with E-state index in [9.17, 15) is 9.59 Å². The average molecular weight is 391 g/mol. The SMILES string of the molecule is CCOc1ccc(-c2ccc(=O)n(CC(=O)N(CC)c3cccc(C)c3)n2)cc1. The molecule has 0 unspecified atom stereocenters. The molecule has 3 aromatic rings. The van der Waals surface area contributed by atoms with Gasteiger partial charge in [-0.05, 0) is 68.8 Å². The van der Waals surface area contributed by atoms with E-state index in [0.717, 1.165) is 22.6 Å². The molecular weight excluding hydrogens is 366 g/mol. The van der Waals surface area contributed by atoms with Gasteiger partial charge in [0.2, 0.25) is 5.91 Å². The normalized spacial score (nSPS) is 10.6. The topological polar surface area (TPSA) is 64.4 Å². The van der Waals surface area contributed by atoms with Crippen molar-refractivity contribution in [2.24, 2.45) is 0 Å². The molecule has 0 aliphatic rings. The van der Waals surface area contributed by atoms with Gasteiger partial charge in [0, 0.05) is 23.9 Å². The zero-order chi connectivity index (χ0) is 20.8. The molecule has 6 heteroatoms. The summed E-state index contributed by atoms with van der Waals surface area (Å²) < 4.78 is 6.67. The third kappa shape index (κ3) is 4.90. The van der Waals surface area contributed by atoms with Crippen LogP contribution in [0.1, 0.15) is 19.4 Å². The van der Waals surface area contributed by atoms with Crippen LogP contribution in [-0.4, -0.2) is 28.8 Å². The summed E-state index contributed by atoms with van der Waals surface area (Å²) in [6, 6.07) is 18.3. The van der Waals surface area contributed by atoms with Crippen molar-refractivity contribution < 1.29 is 9.53 Å². The van der Waals surface area contributed by atoms with Gasteiger partial charge in [-0.15, -0.1) is 0 Å². The number of anilines is 1. The standard InChI is InChI=1S/C23H25N3O3/c1-4-25(19-8-6-7-17(3)15-19)23(28)16-26-22(27)14-13-21(24-26)18-9-11-20(12-10-18)29-5-2/h6-15H,4-5,16H2,1-3H3. The molecule has 0 bridgehead atoms. The molecule has 1 heterocycles. The van der Waals surface area contributed by atoms with Gasteiger partial charge in [-0.25, -0.2) is 4.68 Å². The molecule has 1 aromatic heterocycles. The first kappa shape index (κ1) is 20.3. The number of hydrogen-bond donors (Lipinski definition) is 0. The van der Waals surface area contributed by atoms with Gasteiger partial charge >= 0.3 is 0 Å². The third-order valence-electron chi connectivity index (χ3n) is 4.54. The highest BCUT2D eigenvalue weighted by atomic mass is 16.5. The summed E-state index contributed by atoms with van der Waals surface area (Å²) in [7, 11) is 0. The Bertz CT molecular complexity index is 1040. The van der Waals surface area contributed by atoms with Gasteiger partial charge in [0.1, 0.15) is 12.3 Å². The van der Waals surface area contributed by atoms with Crippen molar-refractivity contribution in [2.75, 3.05) is 18.1 Å². The maximum atomic E-state index is 12.9. The van der Waals surface area contributed by atoms with Crippen LogP contribution < -0.4 is 15.2 Å². The molecule has 0 radical (unpaired) electrons. The molecule has 0 N–H and O–H groups in total. The Labute approximate surface area is 170 Å². The van der Waals surface area contributed by atoms with Crippen LogP contribution in [0.15, 0.2) is 65.5 Å². The first-order chi connectivity index (χ1) is 14.0. The average Bonchev–Trinajstić information content (AvgIpc) is 2.71. The van der Waals surface area contributed by atoms with Crippen molar-refractivity contribution >= 4 is 11.6 Å². The zero-order valence-corrected chi connectivity index (χ0v) is 17.0. The van der Waals surface area contributed by atoms with E-state index in [2.05, 4.69) is 5.10 Å². The van der Waals surface area contributed by atoms with Crippen molar-refractivity contribution in [3.63, 3.8) is 0 Å². The number of hydrogen-bond acceptors (Lipinski definition) is 4. The Balaban J connectivity index is 1.84. The lowest BCUT2D eigenvalue weighted by molar-refractivity contribution is -0.119. The van der Waals surface area contributed by atoms with E-state index in [-0.39, 0.29) is 18.0 Å². The monoisotopic (exact) mass is 391 g/mol. The summed E-state index contributed by atoms with van der Waals surface area (Å²) in [5.41, 5.74) is 3.04. The molecule has 0 saturated carbocycles. The van der Waals surface area contributed by atoms with Gasteiger partial charge in [-0.3, -0.25) is 9.59 Å². The van der Waals surface area contributed by atoms with E-state index in [4.69, 9.17) is 4.74 Å². The Morgan fingerprint density at radius 2 is 1.83 bits per heavy atom. The van der Waals surface area contributed by atoms with Crippen LogP contribution in [0.4, 0.5) is 5.69 Å². The quantitative estimate of drug-likeness (QED) is 0.616. The first-order valence-electron chi connectivity index (χ1n) is 9.70. The molecule has 6 nitrogen and oxygen atoms in total.